The third kappa shape index (κ3) is 3.92. The predicted octanol–water partition coefficient (Wildman–Crippen LogP) is -2.82. The van der Waals surface area contributed by atoms with Crippen LogP contribution in [0.1, 0.15) is 26.7 Å². The maximum atomic E-state index is 12.3. The van der Waals surface area contributed by atoms with Crippen LogP contribution in [0.3, 0.4) is 0 Å². The Bertz CT molecular complexity index is 396. The first-order valence-corrected chi connectivity index (χ1v) is 6.36. The molecule has 0 fully saturated rings. The molecule has 5 heteroatoms. The molecule has 0 spiro atoms. The Labute approximate surface area is 130 Å². The Kier molecular flexibility index (Phi) is 7.23. The largest absolute Gasteiger partial charge is 1.00 e. The average Bonchev–Trinajstić information content (AvgIpc) is 2.22. The van der Waals surface area contributed by atoms with E-state index in [0.29, 0.717) is 0 Å². The van der Waals surface area contributed by atoms with Gasteiger partial charge < -0.3 is 5.32 Å². The topological polar surface area (TPSA) is 31.2 Å². The molecule has 0 amide bonds. The Morgan fingerprint density at radius 3 is 2.82 bits per heavy atom. The van der Waals surface area contributed by atoms with Gasteiger partial charge in [-0.15, -0.1) is 6.54 Å². The van der Waals surface area contributed by atoms with Gasteiger partial charge in [-0.1, -0.05) is 11.3 Å². The molecule has 17 heavy (non-hydrogen) atoms. The second-order valence-electron chi connectivity index (χ2n) is 4.40. The van der Waals surface area contributed by atoms with Gasteiger partial charge >= 0.3 is 37.7 Å². The van der Waals surface area contributed by atoms with E-state index in [1.807, 2.05) is 18.2 Å². The minimum Gasteiger partial charge on any atom is -0.705 e. The molecule has 0 aliphatic carbocycles. The van der Waals surface area contributed by atoms with Gasteiger partial charge in [-0.2, -0.15) is 24.3 Å². The summed E-state index contributed by atoms with van der Waals surface area (Å²) in [4.78, 5) is 0.835. The summed E-state index contributed by atoms with van der Waals surface area (Å²) in [6.07, 6.45) is 1.96. The molecule has 1 aromatic carbocycles. The maximum Gasteiger partial charge on any atom is 1.00 e. The van der Waals surface area contributed by atoms with Crippen LogP contribution in [0.5, 0.6) is 0 Å². The molecule has 2 rings (SSSR count). The van der Waals surface area contributed by atoms with Gasteiger partial charge in [0.15, 0.2) is 0 Å². The van der Waals surface area contributed by atoms with Crippen molar-refractivity contribution in [1.29, 1.82) is 0 Å². The number of hydrogen-bond donors (Lipinski definition) is 0. The molecule has 1 aromatic rings. The van der Waals surface area contributed by atoms with Crippen molar-refractivity contribution in [3.05, 3.63) is 29.6 Å². The number of rotatable bonds is 0. The minimum absolute atomic E-state index is 0. The van der Waals surface area contributed by atoms with E-state index in [1.165, 1.54) is 0 Å². The summed E-state index contributed by atoms with van der Waals surface area (Å²) >= 11 is 0. The molecule has 0 bridgehead atoms. The Hall–Kier alpha value is 0.365. The van der Waals surface area contributed by atoms with E-state index < -0.39 is 10.8 Å². The second-order valence-corrected chi connectivity index (χ2v) is 6.48. The molecular formula is C12H15Li2NOS. The summed E-state index contributed by atoms with van der Waals surface area (Å²) in [5.41, 5.74) is 0.781. The Morgan fingerprint density at radius 2 is 2.12 bits per heavy atom. The van der Waals surface area contributed by atoms with Crippen molar-refractivity contribution in [2.24, 2.45) is 0 Å². The number of nitrogens with zero attached hydrogens (tertiary/aromatic N) is 1. The molecule has 0 N–H and O–H groups in total. The fourth-order valence-electron chi connectivity index (χ4n) is 1.77. The van der Waals surface area contributed by atoms with Gasteiger partial charge in [0.25, 0.3) is 0 Å². The monoisotopic (exact) mass is 235 g/mol. The van der Waals surface area contributed by atoms with Crippen LogP contribution in [0.4, 0.5) is 5.69 Å². The van der Waals surface area contributed by atoms with E-state index in [4.69, 9.17) is 0 Å². The maximum absolute atomic E-state index is 12.3. The van der Waals surface area contributed by atoms with Gasteiger partial charge in [-0.05, 0) is 20.3 Å². The van der Waals surface area contributed by atoms with E-state index in [9.17, 15) is 4.21 Å². The van der Waals surface area contributed by atoms with E-state index in [2.05, 4.69) is 25.2 Å². The van der Waals surface area contributed by atoms with Crippen molar-refractivity contribution >= 4 is 16.5 Å². The zero-order valence-corrected chi connectivity index (χ0v) is 11.9. The van der Waals surface area contributed by atoms with Gasteiger partial charge in [-0.3, -0.25) is 4.21 Å². The van der Waals surface area contributed by atoms with Crippen molar-refractivity contribution in [2.75, 3.05) is 6.54 Å². The number of fused-ring (bicyclic) bond motifs is 1. The van der Waals surface area contributed by atoms with Gasteiger partial charge in [0.05, 0.1) is 0 Å². The van der Waals surface area contributed by atoms with Gasteiger partial charge in [-0.25, -0.2) is 5.69 Å². The van der Waals surface area contributed by atoms with Crippen molar-refractivity contribution in [2.45, 2.75) is 36.3 Å². The first kappa shape index (κ1) is 17.4. The third-order valence-corrected chi connectivity index (χ3v) is 4.64. The summed E-state index contributed by atoms with van der Waals surface area (Å²) in [7, 11) is -0.979. The smallest absolute Gasteiger partial charge is 0.705 e. The molecule has 0 saturated heterocycles. The van der Waals surface area contributed by atoms with E-state index >= 15 is 0 Å². The molecule has 0 aromatic heterocycles. The normalized spacial score (nSPS) is 21.6. The van der Waals surface area contributed by atoms with Crippen molar-refractivity contribution in [3.8, 4) is 0 Å². The first-order chi connectivity index (χ1) is 7.11. The summed E-state index contributed by atoms with van der Waals surface area (Å²) in [6.45, 7) is 4.94. The van der Waals surface area contributed by atoms with E-state index in [1.54, 1.807) is 0 Å². The van der Waals surface area contributed by atoms with Crippen LogP contribution in [0.25, 0.3) is 5.32 Å². The average molecular weight is 235 g/mol. The molecule has 0 saturated carbocycles. The molecular weight excluding hydrogens is 220 g/mol. The van der Waals surface area contributed by atoms with Crippen LogP contribution in [-0.2, 0) is 10.8 Å². The van der Waals surface area contributed by atoms with Crippen LogP contribution in [-0.4, -0.2) is 15.5 Å². The number of para-hydroxylation sites is 1. The molecule has 2 nitrogen and oxygen atoms in total. The SMILES string of the molecule is CC1(C)CCC[N-]c2[c-]cccc2S1=O.[Li+].[Li+]. The summed E-state index contributed by atoms with van der Waals surface area (Å²) < 4.78 is 12.2. The minimum atomic E-state index is -0.979. The van der Waals surface area contributed by atoms with E-state index in [0.717, 1.165) is 30.0 Å². The summed E-state index contributed by atoms with van der Waals surface area (Å²) in [6, 6.07) is 8.67. The zero-order chi connectivity index (χ0) is 10.9. The predicted molar refractivity (Wildman–Crippen MR) is 62.9 cm³/mol. The second kappa shape index (κ2) is 7.08. The first-order valence-electron chi connectivity index (χ1n) is 5.21. The van der Waals surface area contributed by atoms with Crippen LogP contribution in [0.2, 0.25) is 0 Å². The van der Waals surface area contributed by atoms with E-state index in [-0.39, 0.29) is 42.5 Å². The van der Waals surface area contributed by atoms with Crippen LogP contribution in [0.15, 0.2) is 23.1 Å². The van der Waals surface area contributed by atoms with Crippen molar-refractivity contribution in [3.63, 3.8) is 0 Å². The van der Waals surface area contributed by atoms with Crippen LogP contribution in [0, 0.1) is 6.07 Å². The van der Waals surface area contributed by atoms with Crippen LogP contribution >= 0.6 is 0 Å². The molecule has 0 radical (unpaired) electrons. The number of benzene rings is 1. The quantitative estimate of drug-likeness (QED) is 0.352. The van der Waals surface area contributed by atoms with Crippen LogP contribution < -0.4 is 37.7 Å². The van der Waals surface area contributed by atoms with Gasteiger partial charge in [0, 0.05) is 15.5 Å². The Balaban J connectivity index is 0.00000128. The fraction of sp³-hybridized carbons (Fsp3) is 0.500. The molecule has 82 valence electrons. The van der Waals surface area contributed by atoms with Gasteiger partial charge in [0.1, 0.15) is 0 Å². The van der Waals surface area contributed by atoms with Crippen molar-refractivity contribution < 1.29 is 41.9 Å². The molecule has 1 aliphatic heterocycles. The Morgan fingerprint density at radius 1 is 1.41 bits per heavy atom. The molecule has 1 atom stereocenters. The molecule has 1 aliphatic rings. The fourth-order valence-corrected chi connectivity index (χ4v) is 3.20. The number of hydrogen-bond acceptors (Lipinski definition) is 1. The van der Waals surface area contributed by atoms with Gasteiger partial charge in [0.2, 0.25) is 0 Å². The zero-order valence-electron chi connectivity index (χ0n) is 11.1. The molecule has 1 unspecified atom stereocenters. The summed E-state index contributed by atoms with van der Waals surface area (Å²) in [5, 5.41) is 4.41. The third-order valence-electron chi connectivity index (χ3n) is 2.71. The molecule has 1 heterocycles. The standard InChI is InChI=1S/C12H15NOS.2Li/c1-12(2)8-5-9-13-10-6-3-4-7-11(10)15(12)14;;/h3-4,7H,5,8-9H2,1-2H3;;/q-2;2*+1. The van der Waals surface area contributed by atoms with Crippen molar-refractivity contribution in [1.82, 2.24) is 0 Å². The summed E-state index contributed by atoms with van der Waals surface area (Å²) in [5.74, 6) is 0.